The first-order valence-corrected chi connectivity index (χ1v) is 11.4. The number of rotatable bonds is 1. The summed E-state index contributed by atoms with van der Waals surface area (Å²) in [6.07, 6.45) is 16.7. The lowest BCUT2D eigenvalue weighted by Crippen LogP contribution is -2.50. The first-order valence-electron chi connectivity index (χ1n) is 11.4. The van der Waals surface area contributed by atoms with Gasteiger partial charge in [-0.25, -0.2) is 0 Å². The summed E-state index contributed by atoms with van der Waals surface area (Å²) < 4.78 is 0. The Kier molecular flexibility index (Phi) is 4.31. The number of hydrogen-bond donors (Lipinski definition) is 0. The Balaban J connectivity index is 1.50. The molecule has 4 aliphatic rings. The smallest absolute Gasteiger partial charge is 0.226 e. The van der Waals surface area contributed by atoms with Crippen molar-refractivity contribution in [3.05, 3.63) is 47.4 Å². The van der Waals surface area contributed by atoms with Crippen molar-refractivity contribution in [3.8, 4) is 0 Å². The number of amides is 1. The highest BCUT2D eigenvalue weighted by Crippen LogP contribution is 2.65. The van der Waals surface area contributed by atoms with E-state index in [1.165, 1.54) is 41.7 Å². The zero-order valence-corrected chi connectivity index (χ0v) is 18.4. The average Bonchev–Trinajstić information content (AvgIpc) is 2.99. The fraction of sp³-hybridized carbons (Fsp3) is 0.615. The second-order valence-corrected chi connectivity index (χ2v) is 10.5. The van der Waals surface area contributed by atoms with Crippen molar-refractivity contribution in [1.29, 1.82) is 0 Å². The predicted molar refractivity (Wildman–Crippen MR) is 117 cm³/mol. The van der Waals surface area contributed by atoms with Crippen LogP contribution in [0, 0.1) is 35.5 Å². The van der Waals surface area contributed by atoms with Gasteiger partial charge in [0.1, 0.15) is 0 Å². The van der Waals surface area contributed by atoms with Gasteiger partial charge in [-0.2, -0.15) is 0 Å². The van der Waals surface area contributed by atoms with E-state index in [1.807, 2.05) is 18.1 Å². The minimum Gasteiger partial charge on any atom is -0.319 e. The first kappa shape index (κ1) is 19.1. The molecule has 3 heteroatoms. The van der Waals surface area contributed by atoms with E-state index < -0.39 is 0 Å². The number of pyridine rings is 1. The van der Waals surface area contributed by atoms with Crippen LogP contribution in [0.15, 0.2) is 36.3 Å². The molecule has 2 heterocycles. The van der Waals surface area contributed by atoms with Gasteiger partial charge in [0.05, 0.1) is 0 Å². The third-order valence-corrected chi connectivity index (χ3v) is 9.01. The van der Waals surface area contributed by atoms with Crippen LogP contribution in [0.1, 0.15) is 69.9 Å². The predicted octanol–water partition coefficient (Wildman–Crippen LogP) is 5.76. The molecule has 0 bridgehead atoms. The van der Waals surface area contributed by atoms with Gasteiger partial charge < -0.3 is 4.90 Å². The Bertz CT molecular complexity index is 915. The minimum absolute atomic E-state index is 0.152. The lowest BCUT2D eigenvalue weighted by Gasteiger charge is -2.56. The van der Waals surface area contributed by atoms with Crippen LogP contribution in [0.4, 0.5) is 0 Å². The molecular formula is C26H34N2O. The molecule has 1 saturated carbocycles. The molecule has 0 aromatic carbocycles. The van der Waals surface area contributed by atoms with Crippen LogP contribution >= 0.6 is 0 Å². The van der Waals surface area contributed by atoms with Gasteiger partial charge in [0.2, 0.25) is 5.91 Å². The maximum absolute atomic E-state index is 12.5. The van der Waals surface area contributed by atoms with Gasteiger partial charge in [0.25, 0.3) is 0 Å². The molecule has 5 atom stereocenters. The summed E-state index contributed by atoms with van der Waals surface area (Å²) in [6, 6.07) is 2.31. The lowest BCUT2D eigenvalue weighted by atomic mass is 9.49. The van der Waals surface area contributed by atoms with E-state index in [2.05, 4.69) is 50.2 Å². The largest absolute Gasteiger partial charge is 0.319 e. The molecule has 0 N–H and O–H groups in total. The molecule has 1 aromatic heterocycles. The van der Waals surface area contributed by atoms with Crippen molar-refractivity contribution in [2.24, 2.45) is 28.6 Å². The van der Waals surface area contributed by atoms with E-state index in [9.17, 15) is 4.79 Å². The average molecular weight is 391 g/mol. The summed E-state index contributed by atoms with van der Waals surface area (Å²) in [5.74, 6) is 2.42. The molecule has 29 heavy (non-hydrogen) atoms. The van der Waals surface area contributed by atoms with Crippen LogP contribution in [0.2, 0.25) is 0 Å². The summed E-state index contributed by atoms with van der Waals surface area (Å²) in [5.41, 5.74) is 5.83. The van der Waals surface area contributed by atoms with Crippen molar-refractivity contribution >= 4 is 11.5 Å². The van der Waals surface area contributed by atoms with Gasteiger partial charge in [-0.3, -0.25) is 9.78 Å². The summed E-state index contributed by atoms with van der Waals surface area (Å²) >= 11 is 0. The lowest BCUT2D eigenvalue weighted by molar-refractivity contribution is -0.128. The highest BCUT2D eigenvalue weighted by molar-refractivity contribution is 5.78. The van der Waals surface area contributed by atoms with Gasteiger partial charge in [0, 0.05) is 37.0 Å². The highest BCUT2D eigenvalue weighted by Gasteiger charge is 2.57. The van der Waals surface area contributed by atoms with E-state index in [0.717, 1.165) is 25.2 Å². The van der Waals surface area contributed by atoms with Crippen LogP contribution in [0.25, 0.3) is 5.57 Å². The maximum atomic E-state index is 12.5. The Hall–Kier alpha value is -1.90. The number of aryl methyl sites for hydroxylation is 1. The number of allylic oxidation sites excluding steroid dienone is 4. The molecule has 1 saturated heterocycles. The van der Waals surface area contributed by atoms with Gasteiger partial charge in [-0.1, -0.05) is 26.0 Å². The molecule has 0 spiro atoms. The zero-order valence-electron chi connectivity index (χ0n) is 18.4. The maximum Gasteiger partial charge on any atom is 0.226 e. The standard InChI is InChI=1S/C26H34N2O/c1-17-14-18(16-27-15-17)20-8-9-21-19-7-10-23-26(3,12-5-6-24(29)28(23)4)22(19)11-13-25(20,21)2/h8,10,14-16,19,21-22H,5-7,9,11-13H2,1-4H3/t19?,21?,22?,25-,26-/m1/s1. The second-order valence-electron chi connectivity index (χ2n) is 10.5. The second kappa shape index (κ2) is 6.55. The van der Waals surface area contributed by atoms with Crippen molar-refractivity contribution in [3.63, 3.8) is 0 Å². The number of carbonyl (C=O) groups is 1. The number of likely N-dealkylation sites (tertiary alicyclic amines) is 1. The molecule has 3 nitrogen and oxygen atoms in total. The molecule has 1 aromatic rings. The number of nitrogens with zero attached hydrogens (tertiary/aromatic N) is 2. The molecular weight excluding hydrogens is 356 g/mol. The fourth-order valence-electron chi connectivity index (χ4n) is 7.54. The van der Waals surface area contributed by atoms with Crippen molar-refractivity contribution < 1.29 is 4.79 Å². The van der Waals surface area contributed by atoms with Crippen LogP contribution in [-0.2, 0) is 4.79 Å². The minimum atomic E-state index is 0.152. The Morgan fingerprint density at radius 1 is 1.07 bits per heavy atom. The molecule has 0 radical (unpaired) electrons. The normalized spacial score (nSPS) is 39.1. The van der Waals surface area contributed by atoms with E-state index >= 15 is 0 Å². The summed E-state index contributed by atoms with van der Waals surface area (Å²) in [6.45, 7) is 7.11. The van der Waals surface area contributed by atoms with Crippen LogP contribution in [-0.4, -0.2) is 22.8 Å². The molecule has 3 unspecified atom stereocenters. The SMILES string of the molecule is Cc1cncc(C2=CCC3C4CC=C5N(C)C(=O)CCC[C@]5(C)C4CC[C@]23C)c1. The van der Waals surface area contributed by atoms with Crippen molar-refractivity contribution in [2.75, 3.05) is 7.05 Å². The number of fused-ring (bicyclic) bond motifs is 5. The summed E-state index contributed by atoms with van der Waals surface area (Å²) in [4.78, 5) is 19.0. The molecule has 5 rings (SSSR count). The molecule has 1 aliphatic heterocycles. The third-order valence-electron chi connectivity index (χ3n) is 9.01. The third kappa shape index (κ3) is 2.69. The molecule has 154 valence electrons. The van der Waals surface area contributed by atoms with Gasteiger partial charge in [-0.15, -0.1) is 0 Å². The molecule has 2 fully saturated rings. The van der Waals surface area contributed by atoms with Crippen molar-refractivity contribution in [2.45, 2.75) is 65.7 Å². The van der Waals surface area contributed by atoms with Crippen molar-refractivity contribution in [1.82, 2.24) is 9.88 Å². The number of carbonyl (C=O) groups excluding carboxylic acids is 1. The Morgan fingerprint density at radius 2 is 1.90 bits per heavy atom. The molecule has 3 aliphatic carbocycles. The summed E-state index contributed by atoms with van der Waals surface area (Å²) in [7, 11) is 2.00. The number of aromatic nitrogens is 1. The van der Waals surface area contributed by atoms with Crippen LogP contribution in [0.5, 0.6) is 0 Å². The Morgan fingerprint density at radius 3 is 2.69 bits per heavy atom. The van der Waals surface area contributed by atoms with E-state index in [4.69, 9.17) is 0 Å². The van der Waals surface area contributed by atoms with Gasteiger partial charge in [0.15, 0.2) is 0 Å². The molecule has 1 amide bonds. The van der Waals surface area contributed by atoms with E-state index in [-0.39, 0.29) is 10.8 Å². The Labute approximate surface area is 175 Å². The summed E-state index contributed by atoms with van der Waals surface area (Å²) in [5, 5.41) is 0. The zero-order chi connectivity index (χ0) is 20.4. The van der Waals surface area contributed by atoms with Gasteiger partial charge in [-0.05, 0) is 91.4 Å². The fourth-order valence-corrected chi connectivity index (χ4v) is 7.54. The van der Waals surface area contributed by atoms with Crippen LogP contribution < -0.4 is 0 Å². The van der Waals surface area contributed by atoms with Crippen LogP contribution in [0.3, 0.4) is 0 Å². The van der Waals surface area contributed by atoms with Gasteiger partial charge >= 0.3 is 0 Å². The highest BCUT2D eigenvalue weighted by atomic mass is 16.2. The quantitative estimate of drug-likeness (QED) is 0.610. The number of hydrogen-bond acceptors (Lipinski definition) is 2. The van der Waals surface area contributed by atoms with E-state index in [0.29, 0.717) is 24.2 Å². The first-order chi connectivity index (χ1) is 13.8. The monoisotopic (exact) mass is 390 g/mol. The van der Waals surface area contributed by atoms with E-state index in [1.54, 1.807) is 0 Å². The topological polar surface area (TPSA) is 33.2 Å².